The summed E-state index contributed by atoms with van der Waals surface area (Å²) in [5, 5.41) is 2.07. The van der Waals surface area contributed by atoms with Gasteiger partial charge in [-0.3, -0.25) is 4.79 Å². The number of alkyl halides is 3. The van der Waals surface area contributed by atoms with E-state index < -0.39 is 17.1 Å². The van der Waals surface area contributed by atoms with Crippen molar-refractivity contribution in [1.29, 1.82) is 0 Å². The maximum Gasteiger partial charge on any atom is 0.433 e. The van der Waals surface area contributed by atoms with Crippen molar-refractivity contribution < 1.29 is 18.0 Å². The van der Waals surface area contributed by atoms with Gasteiger partial charge in [0.05, 0.1) is 10.9 Å². The smallest absolute Gasteiger partial charge is 0.325 e. The third-order valence-corrected chi connectivity index (χ3v) is 5.67. The zero-order valence-electron chi connectivity index (χ0n) is 18.2. The molecule has 32 heavy (non-hydrogen) atoms. The minimum Gasteiger partial charge on any atom is -0.325 e. The number of carbonyl (C=O) groups excluding carboxylic acids is 1. The number of nitrogens with zero attached hydrogens (tertiary/aromatic N) is 2. The van der Waals surface area contributed by atoms with Gasteiger partial charge in [0.15, 0.2) is 5.16 Å². The summed E-state index contributed by atoms with van der Waals surface area (Å²) in [5.41, 5.74) is 1.10. The molecule has 0 aliphatic heterocycles. The molecule has 1 atom stereocenters. The number of thioether (sulfide) groups is 1. The normalized spacial score (nSPS) is 13.0. The average molecular weight is 460 g/mol. The Hall–Kier alpha value is -2.87. The molecule has 3 rings (SSSR count). The Morgan fingerprint density at radius 2 is 1.59 bits per heavy atom. The van der Waals surface area contributed by atoms with Crippen LogP contribution < -0.4 is 5.32 Å². The topological polar surface area (TPSA) is 54.9 Å². The van der Waals surface area contributed by atoms with Crippen molar-refractivity contribution in [3.8, 4) is 11.3 Å². The summed E-state index contributed by atoms with van der Waals surface area (Å²) in [6, 6.07) is 17.0. The number of anilines is 1. The molecule has 8 heteroatoms. The van der Waals surface area contributed by atoms with E-state index in [0.29, 0.717) is 11.3 Å². The predicted octanol–water partition coefficient (Wildman–Crippen LogP) is 6.58. The SMILES string of the molecule is CC(Sc1nc(-c2ccccc2)cc(C(F)(F)F)n1)C(=O)Nc1ccccc1C(C)(C)C. The zero-order chi connectivity index (χ0) is 23.5. The molecular formula is C24H24F3N3OS. The van der Waals surface area contributed by atoms with Gasteiger partial charge in [0.25, 0.3) is 0 Å². The van der Waals surface area contributed by atoms with E-state index in [0.717, 1.165) is 23.4 Å². The van der Waals surface area contributed by atoms with Crippen molar-refractivity contribution >= 4 is 23.4 Å². The van der Waals surface area contributed by atoms with E-state index in [2.05, 4.69) is 15.3 Å². The van der Waals surface area contributed by atoms with E-state index in [9.17, 15) is 18.0 Å². The molecule has 0 spiro atoms. The number of amides is 1. The predicted molar refractivity (Wildman–Crippen MR) is 122 cm³/mol. The van der Waals surface area contributed by atoms with Crippen molar-refractivity contribution in [2.75, 3.05) is 5.32 Å². The van der Waals surface area contributed by atoms with Crippen molar-refractivity contribution in [2.24, 2.45) is 0 Å². The fraction of sp³-hybridized carbons (Fsp3) is 0.292. The molecule has 0 bridgehead atoms. The van der Waals surface area contributed by atoms with Gasteiger partial charge in [-0.25, -0.2) is 9.97 Å². The van der Waals surface area contributed by atoms with Crippen LogP contribution in [0.25, 0.3) is 11.3 Å². The molecular weight excluding hydrogens is 435 g/mol. The van der Waals surface area contributed by atoms with Crippen LogP contribution in [-0.4, -0.2) is 21.1 Å². The van der Waals surface area contributed by atoms with Crippen molar-refractivity contribution in [2.45, 2.75) is 49.7 Å². The fourth-order valence-corrected chi connectivity index (χ4v) is 3.86. The number of hydrogen-bond donors (Lipinski definition) is 1. The fourth-order valence-electron chi connectivity index (χ4n) is 3.07. The molecule has 3 aromatic rings. The summed E-state index contributed by atoms with van der Waals surface area (Å²) >= 11 is 0.889. The molecule has 0 saturated carbocycles. The molecule has 1 N–H and O–H groups in total. The van der Waals surface area contributed by atoms with Gasteiger partial charge in [0, 0.05) is 11.3 Å². The Kier molecular flexibility index (Phi) is 6.93. The highest BCUT2D eigenvalue weighted by atomic mass is 32.2. The Labute approximate surface area is 189 Å². The molecule has 0 saturated heterocycles. The second kappa shape index (κ2) is 9.32. The van der Waals surface area contributed by atoms with Crippen LogP contribution in [0, 0.1) is 0 Å². The van der Waals surface area contributed by atoms with E-state index >= 15 is 0 Å². The van der Waals surface area contributed by atoms with Crippen molar-refractivity contribution in [1.82, 2.24) is 9.97 Å². The summed E-state index contributed by atoms with van der Waals surface area (Å²) in [6.45, 7) is 7.73. The lowest BCUT2D eigenvalue weighted by Gasteiger charge is -2.23. The number of para-hydroxylation sites is 1. The van der Waals surface area contributed by atoms with E-state index in [1.54, 1.807) is 37.3 Å². The number of rotatable bonds is 5. The zero-order valence-corrected chi connectivity index (χ0v) is 19.0. The average Bonchev–Trinajstić information content (AvgIpc) is 2.73. The number of benzene rings is 2. The first kappa shape index (κ1) is 23.8. The Morgan fingerprint density at radius 1 is 0.969 bits per heavy atom. The van der Waals surface area contributed by atoms with Crippen LogP contribution in [0.2, 0.25) is 0 Å². The van der Waals surface area contributed by atoms with E-state index in [4.69, 9.17) is 0 Å². The largest absolute Gasteiger partial charge is 0.433 e. The first-order chi connectivity index (χ1) is 14.9. The number of halogens is 3. The summed E-state index contributed by atoms with van der Waals surface area (Å²) in [5.74, 6) is -0.339. The lowest BCUT2D eigenvalue weighted by molar-refractivity contribution is -0.141. The Balaban J connectivity index is 1.86. The minimum absolute atomic E-state index is 0.106. The molecule has 0 radical (unpaired) electrons. The highest BCUT2D eigenvalue weighted by Gasteiger charge is 2.34. The van der Waals surface area contributed by atoms with E-state index in [1.165, 1.54) is 0 Å². The first-order valence-corrected chi connectivity index (χ1v) is 10.9. The van der Waals surface area contributed by atoms with Crippen LogP contribution in [0.3, 0.4) is 0 Å². The lowest BCUT2D eigenvalue weighted by atomic mass is 9.86. The molecule has 4 nitrogen and oxygen atoms in total. The van der Waals surface area contributed by atoms with Crippen LogP contribution in [0.4, 0.5) is 18.9 Å². The maximum atomic E-state index is 13.4. The molecule has 168 valence electrons. The van der Waals surface area contributed by atoms with Gasteiger partial charge >= 0.3 is 6.18 Å². The third-order valence-electron chi connectivity index (χ3n) is 4.71. The van der Waals surface area contributed by atoms with Crippen LogP contribution in [0.5, 0.6) is 0 Å². The summed E-state index contributed by atoms with van der Waals surface area (Å²) in [4.78, 5) is 20.8. The molecule has 0 aliphatic rings. The summed E-state index contributed by atoms with van der Waals surface area (Å²) in [6.07, 6.45) is -4.63. The Bertz CT molecular complexity index is 1100. The molecule has 1 heterocycles. The molecule has 0 aliphatic carbocycles. The second-order valence-corrected chi connectivity index (χ2v) is 9.64. The number of aromatic nitrogens is 2. The lowest BCUT2D eigenvalue weighted by Crippen LogP contribution is -2.25. The standard InChI is InChI=1S/C24H24F3N3OS/c1-15(21(31)28-18-13-9-8-12-17(18)23(2,3)4)32-22-29-19(16-10-6-5-7-11-16)14-20(30-22)24(25,26)27/h5-15H,1-4H3,(H,28,31). The summed E-state index contributed by atoms with van der Waals surface area (Å²) in [7, 11) is 0. The first-order valence-electron chi connectivity index (χ1n) is 10.0. The molecule has 1 amide bonds. The molecule has 2 aromatic carbocycles. The quantitative estimate of drug-likeness (QED) is 0.346. The number of hydrogen-bond acceptors (Lipinski definition) is 4. The van der Waals surface area contributed by atoms with Crippen molar-refractivity contribution in [3.63, 3.8) is 0 Å². The van der Waals surface area contributed by atoms with Crippen LogP contribution in [-0.2, 0) is 16.4 Å². The third kappa shape index (κ3) is 5.88. The van der Waals surface area contributed by atoms with Crippen LogP contribution >= 0.6 is 11.8 Å². The van der Waals surface area contributed by atoms with Gasteiger partial charge in [0.1, 0.15) is 5.69 Å². The molecule has 1 unspecified atom stereocenters. The molecule has 1 aromatic heterocycles. The van der Waals surface area contributed by atoms with Gasteiger partial charge in [-0.2, -0.15) is 13.2 Å². The molecule has 0 fully saturated rings. The monoisotopic (exact) mass is 459 g/mol. The highest BCUT2D eigenvalue weighted by molar-refractivity contribution is 8.00. The van der Waals surface area contributed by atoms with Gasteiger partial charge in [-0.1, -0.05) is 81.1 Å². The maximum absolute atomic E-state index is 13.4. The second-order valence-electron chi connectivity index (χ2n) is 8.33. The van der Waals surface area contributed by atoms with E-state index in [-0.39, 0.29) is 22.2 Å². The van der Waals surface area contributed by atoms with Crippen LogP contribution in [0.1, 0.15) is 39.0 Å². The van der Waals surface area contributed by atoms with Gasteiger partial charge in [-0.15, -0.1) is 0 Å². The summed E-state index contributed by atoms with van der Waals surface area (Å²) < 4.78 is 40.3. The van der Waals surface area contributed by atoms with Crippen LogP contribution in [0.15, 0.2) is 65.8 Å². The highest BCUT2D eigenvalue weighted by Crippen LogP contribution is 2.34. The van der Waals surface area contributed by atoms with Crippen molar-refractivity contribution in [3.05, 3.63) is 71.9 Å². The van der Waals surface area contributed by atoms with E-state index in [1.807, 2.05) is 45.0 Å². The Morgan fingerprint density at radius 3 is 2.22 bits per heavy atom. The number of nitrogens with one attached hydrogen (secondary N) is 1. The minimum atomic E-state index is -4.63. The number of carbonyl (C=O) groups is 1. The van der Waals surface area contributed by atoms with Gasteiger partial charge in [0.2, 0.25) is 5.91 Å². The van der Waals surface area contributed by atoms with Gasteiger partial charge in [-0.05, 0) is 30.0 Å². The van der Waals surface area contributed by atoms with Gasteiger partial charge < -0.3 is 5.32 Å².